The first kappa shape index (κ1) is 9.98. The smallest absolute Gasteiger partial charge is 0.396 e. The van der Waals surface area contributed by atoms with Gasteiger partial charge in [-0.3, -0.25) is 4.79 Å². The maximum Gasteiger partial charge on any atom is 0.396 e. The van der Waals surface area contributed by atoms with E-state index in [2.05, 4.69) is 10.1 Å². The number of methoxy groups -OCH3 is 2. The molecule has 1 fully saturated rings. The second-order valence-corrected chi connectivity index (χ2v) is 2.99. The van der Waals surface area contributed by atoms with Crippen molar-refractivity contribution in [2.45, 2.75) is 25.0 Å². The first-order valence-electron chi connectivity index (χ1n) is 4.09. The summed E-state index contributed by atoms with van der Waals surface area (Å²) in [6.45, 7) is 0. The Kier molecular flexibility index (Phi) is 3.25. The van der Waals surface area contributed by atoms with E-state index in [0.29, 0.717) is 0 Å². The second-order valence-electron chi connectivity index (χ2n) is 2.99. The quantitative estimate of drug-likeness (QED) is 0.465. The molecule has 0 saturated heterocycles. The number of amides is 1. The van der Waals surface area contributed by atoms with Gasteiger partial charge in [-0.1, -0.05) is 0 Å². The lowest BCUT2D eigenvalue weighted by Crippen LogP contribution is -2.49. The highest BCUT2D eigenvalue weighted by atomic mass is 16.5. The van der Waals surface area contributed by atoms with E-state index in [4.69, 9.17) is 4.74 Å². The molecule has 0 aromatic carbocycles. The molecule has 5 nitrogen and oxygen atoms in total. The lowest BCUT2D eigenvalue weighted by Gasteiger charge is -2.34. The normalized spacial score (nSPS) is 26.0. The molecule has 1 amide bonds. The number of ether oxygens (including phenoxy) is 2. The van der Waals surface area contributed by atoms with E-state index in [1.807, 2.05) is 0 Å². The highest BCUT2D eigenvalue weighted by Gasteiger charge is 2.31. The Morgan fingerprint density at radius 3 is 2.38 bits per heavy atom. The summed E-state index contributed by atoms with van der Waals surface area (Å²) in [5.74, 6) is -1.53. The Morgan fingerprint density at radius 2 is 1.92 bits per heavy atom. The summed E-state index contributed by atoms with van der Waals surface area (Å²) >= 11 is 0. The minimum atomic E-state index is -0.846. The summed E-state index contributed by atoms with van der Waals surface area (Å²) in [4.78, 5) is 21.6. The predicted molar refractivity (Wildman–Crippen MR) is 44.0 cm³/mol. The highest BCUT2D eigenvalue weighted by Crippen LogP contribution is 2.22. The molecule has 1 N–H and O–H groups in total. The summed E-state index contributed by atoms with van der Waals surface area (Å²) < 4.78 is 9.27. The van der Waals surface area contributed by atoms with Gasteiger partial charge < -0.3 is 14.8 Å². The van der Waals surface area contributed by atoms with Crippen LogP contribution in [0.3, 0.4) is 0 Å². The molecular formula is C8H13NO4. The van der Waals surface area contributed by atoms with Crippen LogP contribution < -0.4 is 5.32 Å². The number of nitrogens with one attached hydrogen (secondary N) is 1. The van der Waals surface area contributed by atoms with Gasteiger partial charge in [0, 0.05) is 13.2 Å². The van der Waals surface area contributed by atoms with Gasteiger partial charge in [0.05, 0.1) is 13.2 Å². The fourth-order valence-corrected chi connectivity index (χ4v) is 1.21. The van der Waals surface area contributed by atoms with Crippen molar-refractivity contribution in [2.24, 2.45) is 0 Å². The van der Waals surface area contributed by atoms with Crippen LogP contribution >= 0.6 is 0 Å². The minimum Gasteiger partial charge on any atom is -0.462 e. The van der Waals surface area contributed by atoms with E-state index >= 15 is 0 Å². The zero-order valence-corrected chi connectivity index (χ0v) is 7.70. The Morgan fingerprint density at radius 1 is 1.31 bits per heavy atom. The molecular weight excluding hydrogens is 174 g/mol. The van der Waals surface area contributed by atoms with Gasteiger partial charge >= 0.3 is 11.9 Å². The molecule has 0 spiro atoms. The van der Waals surface area contributed by atoms with E-state index in [9.17, 15) is 9.59 Å². The molecule has 0 bridgehead atoms. The van der Waals surface area contributed by atoms with Crippen LogP contribution in [0.25, 0.3) is 0 Å². The van der Waals surface area contributed by atoms with Crippen molar-refractivity contribution in [3.8, 4) is 0 Å². The third kappa shape index (κ3) is 2.42. The standard InChI is InChI=1S/C8H13NO4/c1-12-6-3-5(4-6)9-7(10)8(11)13-2/h5-6H,3-4H2,1-2H3,(H,9,10). The molecule has 0 aromatic rings. The summed E-state index contributed by atoms with van der Waals surface area (Å²) in [5.41, 5.74) is 0. The van der Waals surface area contributed by atoms with E-state index in [0.717, 1.165) is 12.8 Å². The molecule has 0 atom stereocenters. The fraction of sp³-hybridized carbons (Fsp3) is 0.750. The number of carbonyl (C=O) groups is 2. The largest absolute Gasteiger partial charge is 0.462 e. The van der Waals surface area contributed by atoms with Gasteiger partial charge in [0.1, 0.15) is 0 Å². The van der Waals surface area contributed by atoms with Crippen molar-refractivity contribution in [3.05, 3.63) is 0 Å². The van der Waals surface area contributed by atoms with Gasteiger partial charge in [-0.15, -0.1) is 0 Å². The molecule has 1 rings (SSSR count). The van der Waals surface area contributed by atoms with Crippen LogP contribution in [0.2, 0.25) is 0 Å². The van der Waals surface area contributed by atoms with Crippen molar-refractivity contribution >= 4 is 11.9 Å². The van der Waals surface area contributed by atoms with Gasteiger partial charge in [-0.25, -0.2) is 4.79 Å². The third-order valence-corrected chi connectivity index (χ3v) is 2.13. The zero-order chi connectivity index (χ0) is 9.84. The van der Waals surface area contributed by atoms with Gasteiger partial charge in [0.15, 0.2) is 0 Å². The Bertz CT molecular complexity index is 210. The van der Waals surface area contributed by atoms with E-state index in [-0.39, 0.29) is 12.1 Å². The van der Waals surface area contributed by atoms with Crippen LogP contribution in [0.15, 0.2) is 0 Å². The number of hydrogen-bond acceptors (Lipinski definition) is 4. The lowest BCUT2D eigenvalue weighted by molar-refractivity contribution is -0.153. The maximum absolute atomic E-state index is 10.9. The summed E-state index contributed by atoms with van der Waals surface area (Å²) in [5, 5.41) is 2.54. The first-order chi connectivity index (χ1) is 6.17. The molecule has 5 heteroatoms. The summed E-state index contributed by atoms with van der Waals surface area (Å²) in [7, 11) is 2.81. The van der Waals surface area contributed by atoms with Crippen molar-refractivity contribution < 1.29 is 19.1 Å². The Balaban J connectivity index is 2.20. The molecule has 0 unspecified atom stereocenters. The third-order valence-electron chi connectivity index (χ3n) is 2.13. The van der Waals surface area contributed by atoms with E-state index in [1.54, 1.807) is 7.11 Å². The summed E-state index contributed by atoms with van der Waals surface area (Å²) in [6.07, 6.45) is 1.74. The van der Waals surface area contributed by atoms with Crippen LogP contribution in [-0.4, -0.2) is 38.2 Å². The molecule has 1 aliphatic rings. The molecule has 0 aromatic heterocycles. The molecule has 74 valence electrons. The van der Waals surface area contributed by atoms with Gasteiger partial charge in [0.25, 0.3) is 0 Å². The maximum atomic E-state index is 10.9. The molecule has 1 aliphatic carbocycles. The number of rotatable bonds is 2. The van der Waals surface area contributed by atoms with Crippen LogP contribution in [0, 0.1) is 0 Å². The SMILES string of the molecule is COC(=O)C(=O)NC1CC(OC)C1. The second kappa shape index (κ2) is 4.23. The monoisotopic (exact) mass is 187 g/mol. The van der Waals surface area contributed by atoms with Crippen LogP contribution in [0.5, 0.6) is 0 Å². The average Bonchev–Trinajstić information content (AvgIpc) is 2.08. The average molecular weight is 187 g/mol. The van der Waals surface area contributed by atoms with E-state index in [1.165, 1.54) is 7.11 Å². The minimum absolute atomic E-state index is 0.0524. The molecule has 1 saturated carbocycles. The topological polar surface area (TPSA) is 64.6 Å². The van der Waals surface area contributed by atoms with Crippen molar-refractivity contribution in [1.29, 1.82) is 0 Å². The van der Waals surface area contributed by atoms with Crippen molar-refractivity contribution in [3.63, 3.8) is 0 Å². The highest BCUT2D eigenvalue weighted by molar-refractivity contribution is 6.32. The van der Waals surface area contributed by atoms with Gasteiger partial charge in [-0.05, 0) is 12.8 Å². The molecule has 0 aliphatic heterocycles. The van der Waals surface area contributed by atoms with Gasteiger partial charge in [0.2, 0.25) is 0 Å². The zero-order valence-electron chi connectivity index (χ0n) is 7.70. The van der Waals surface area contributed by atoms with Crippen LogP contribution in [0.4, 0.5) is 0 Å². The number of hydrogen-bond donors (Lipinski definition) is 1. The molecule has 13 heavy (non-hydrogen) atoms. The van der Waals surface area contributed by atoms with Crippen molar-refractivity contribution in [1.82, 2.24) is 5.32 Å². The molecule has 0 heterocycles. The van der Waals surface area contributed by atoms with Gasteiger partial charge in [-0.2, -0.15) is 0 Å². The molecule has 0 radical (unpaired) electrons. The van der Waals surface area contributed by atoms with Crippen molar-refractivity contribution in [2.75, 3.05) is 14.2 Å². The number of carbonyl (C=O) groups excluding carboxylic acids is 2. The van der Waals surface area contributed by atoms with E-state index < -0.39 is 11.9 Å². The van der Waals surface area contributed by atoms with Crippen LogP contribution in [-0.2, 0) is 19.1 Å². The van der Waals surface area contributed by atoms with Crippen LogP contribution in [0.1, 0.15) is 12.8 Å². The summed E-state index contributed by atoms with van der Waals surface area (Å²) in [6, 6.07) is 0.0524. The predicted octanol–water partition coefficient (Wildman–Crippen LogP) is -0.547. The Labute approximate surface area is 76.4 Å². The number of esters is 1. The lowest BCUT2D eigenvalue weighted by atomic mass is 9.89. The Hall–Kier alpha value is -1.10. The fourth-order valence-electron chi connectivity index (χ4n) is 1.21. The first-order valence-corrected chi connectivity index (χ1v) is 4.09.